The summed E-state index contributed by atoms with van der Waals surface area (Å²) in [6.07, 6.45) is 0. The van der Waals surface area contributed by atoms with Gasteiger partial charge in [0.15, 0.2) is 0 Å². The number of rotatable bonds is 2. The predicted octanol–water partition coefficient (Wildman–Crippen LogP) is 15.4. The third-order valence-electron chi connectivity index (χ3n) is 12.5. The highest BCUT2D eigenvalue weighted by Crippen LogP contribution is 2.47. The van der Waals surface area contributed by atoms with Crippen LogP contribution in [0.15, 0.2) is 176 Å². The van der Waals surface area contributed by atoms with E-state index in [1.54, 1.807) is 0 Å². The first-order chi connectivity index (χ1) is 28.2. The van der Waals surface area contributed by atoms with Crippen LogP contribution in [0.3, 0.4) is 0 Å². The third-order valence-corrected chi connectivity index (χ3v) is 13.7. The van der Waals surface area contributed by atoms with Crippen molar-refractivity contribution in [3.8, 4) is 16.9 Å². The summed E-state index contributed by atoms with van der Waals surface area (Å²) in [6.45, 7) is 2.30. The molecule has 3 aromatic heterocycles. The molecule has 0 aliphatic carbocycles. The molecule has 0 unspecified atom stereocenters. The maximum Gasteiger partial charge on any atom is 0.146 e. The maximum atomic E-state index is 5.88. The minimum absolute atomic E-state index is 0.955. The van der Waals surface area contributed by atoms with Crippen LogP contribution < -0.4 is 0 Å². The van der Waals surface area contributed by atoms with Gasteiger partial charge in [-0.15, -0.1) is 11.3 Å². The minimum Gasteiger partial charge on any atom is -0.293 e. The number of nitrogens with zero attached hydrogens (tertiary/aromatic N) is 2. The quantitative estimate of drug-likeness (QED) is 0.161. The van der Waals surface area contributed by atoms with Crippen molar-refractivity contribution >= 4 is 118 Å². The van der Waals surface area contributed by atoms with Crippen LogP contribution in [0.25, 0.3) is 124 Å². The van der Waals surface area contributed by atoms with Gasteiger partial charge >= 0.3 is 0 Å². The Labute approximate surface area is 331 Å². The number of fused-ring (bicyclic) bond motifs is 18. The Morgan fingerprint density at radius 2 is 0.982 bits per heavy atom. The molecular formula is C54H32N2S. The lowest BCUT2D eigenvalue weighted by Crippen LogP contribution is -2.04. The molecule has 3 heterocycles. The molecule has 0 atom stereocenters. The highest BCUT2D eigenvalue weighted by Gasteiger charge is 2.25. The molecule has 0 bridgehead atoms. The molecule has 3 heteroatoms. The molecule has 0 saturated carbocycles. The smallest absolute Gasteiger partial charge is 0.146 e. The summed E-state index contributed by atoms with van der Waals surface area (Å²) in [5.41, 5.74) is 6.93. The Morgan fingerprint density at radius 1 is 0.421 bits per heavy atom. The number of hydrogen-bond acceptors (Lipinski definition) is 2. The fourth-order valence-corrected chi connectivity index (χ4v) is 11.1. The van der Waals surface area contributed by atoms with Gasteiger partial charge in [0.2, 0.25) is 0 Å². The number of benzene rings is 10. The summed E-state index contributed by atoms with van der Waals surface area (Å²) in [6, 6.07) is 65.1. The van der Waals surface area contributed by atoms with Crippen molar-refractivity contribution in [3.63, 3.8) is 0 Å². The molecule has 0 radical (unpaired) electrons. The van der Waals surface area contributed by atoms with Gasteiger partial charge in [-0.25, -0.2) is 4.98 Å². The summed E-state index contributed by atoms with van der Waals surface area (Å²) in [5.74, 6) is 0.955. The summed E-state index contributed by atoms with van der Waals surface area (Å²) in [5, 5.41) is 18.7. The lowest BCUT2D eigenvalue weighted by molar-refractivity contribution is 1.10. The van der Waals surface area contributed by atoms with E-state index in [1.165, 1.54) is 107 Å². The molecule has 0 fully saturated rings. The van der Waals surface area contributed by atoms with Crippen LogP contribution in [0.1, 0.15) is 5.56 Å². The van der Waals surface area contributed by atoms with Gasteiger partial charge in [-0.2, -0.15) is 0 Å². The lowest BCUT2D eigenvalue weighted by atomic mass is 9.91. The van der Waals surface area contributed by atoms with Gasteiger partial charge in [-0.1, -0.05) is 152 Å². The predicted molar refractivity (Wildman–Crippen MR) is 247 cm³/mol. The maximum absolute atomic E-state index is 5.88. The van der Waals surface area contributed by atoms with Crippen LogP contribution in [0, 0.1) is 6.92 Å². The molecule has 0 spiro atoms. The van der Waals surface area contributed by atoms with Crippen molar-refractivity contribution in [1.82, 2.24) is 9.55 Å². The van der Waals surface area contributed by atoms with Crippen molar-refractivity contribution < 1.29 is 0 Å². The zero-order valence-corrected chi connectivity index (χ0v) is 31.9. The van der Waals surface area contributed by atoms with E-state index in [4.69, 9.17) is 4.98 Å². The zero-order chi connectivity index (χ0) is 37.4. The Hall–Kier alpha value is -7.07. The highest BCUT2D eigenvalue weighted by molar-refractivity contribution is 7.25. The molecule has 0 N–H and O–H groups in total. The van der Waals surface area contributed by atoms with Crippen LogP contribution in [0.2, 0.25) is 0 Å². The average molecular weight is 741 g/mol. The molecule has 264 valence electrons. The fraction of sp³-hybridized carbons (Fsp3) is 0.0185. The van der Waals surface area contributed by atoms with Crippen LogP contribution in [0.4, 0.5) is 0 Å². The zero-order valence-electron chi connectivity index (χ0n) is 31.0. The molecule has 57 heavy (non-hydrogen) atoms. The molecule has 0 amide bonds. The van der Waals surface area contributed by atoms with E-state index in [1.807, 2.05) is 11.3 Å². The number of thiophene rings is 1. The number of aryl methyl sites for hydroxylation is 1. The molecule has 0 aliphatic rings. The normalized spacial score (nSPS) is 12.3. The van der Waals surface area contributed by atoms with E-state index >= 15 is 0 Å². The first-order valence-electron chi connectivity index (χ1n) is 19.6. The summed E-state index contributed by atoms with van der Waals surface area (Å²) < 4.78 is 5.12. The first-order valence-corrected chi connectivity index (χ1v) is 20.4. The van der Waals surface area contributed by atoms with E-state index < -0.39 is 0 Å². The van der Waals surface area contributed by atoms with Crippen molar-refractivity contribution in [2.24, 2.45) is 0 Å². The second-order valence-electron chi connectivity index (χ2n) is 15.4. The number of aromatic nitrogens is 2. The second-order valence-corrected chi connectivity index (χ2v) is 16.5. The van der Waals surface area contributed by atoms with Crippen LogP contribution in [0.5, 0.6) is 0 Å². The van der Waals surface area contributed by atoms with Crippen molar-refractivity contribution in [2.45, 2.75) is 6.92 Å². The Kier molecular flexibility index (Phi) is 6.28. The summed E-state index contributed by atoms with van der Waals surface area (Å²) >= 11 is 1.86. The van der Waals surface area contributed by atoms with Crippen molar-refractivity contribution in [2.75, 3.05) is 0 Å². The van der Waals surface area contributed by atoms with E-state index in [0.717, 1.165) is 22.4 Å². The van der Waals surface area contributed by atoms with Gasteiger partial charge in [0.1, 0.15) is 5.82 Å². The topological polar surface area (TPSA) is 17.8 Å². The third kappa shape index (κ3) is 4.21. The molecule has 2 nitrogen and oxygen atoms in total. The van der Waals surface area contributed by atoms with Gasteiger partial charge in [-0.05, 0) is 80.0 Å². The van der Waals surface area contributed by atoms with Crippen molar-refractivity contribution in [1.29, 1.82) is 0 Å². The Morgan fingerprint density at radius 3 is 1.75 bits per heavy atom. The van der Waals surface area contributed by atoms with Gasteiger partial charge in [0.05, 0.1) is 16.6 Å². The molecule has 13 rings (SSSR count). The SMILES string of the molecule is Cc1c(-c2ccc3sc4ccccc4c3c2)c(-n2c3ccc4c5ccccc5c5ccccc5c4c3c3ccc4ccccc4c32)nc2c1ccc1ccccc12. The Balaban J connectivity index is 1.28. The molecule has 0 saturated heterocycles. The van der Waals surface area contributed by atoms with Gasteiger partial charge in [-0.3, -0.25) is 4.57 Å². The summed E-state index contributed by atoms with van der Waals surface area (Å²) in [4.78, 5) is 5.88. The number of hydrogen-bond donors (Lipinski definition) is 0. The van der Waals surface area contributed by atoms with Crippen LogP contribution in [-0.4, -0.2) is 9.55 Å². The fourth-order valence-electron chi connectivity index (χ4n) is 10.0. The van der Waals surface area contributed by atoms with E-state index in [2.05, 4.69) is 187 Å². The molecule has 13 aromatic rings. The van der Waals surface area contributed by atoms with E-state index in [-0.39, 0.29) is 0 Å². The lowest BCUT2D eigenvalue weighted by Gasteiger charge is -2.19. The van der Waals surface area contributed by atoms with Crippen LogP contribution >= 0.6 is 11.3 Å². The van der Waals surface area contributed by atoms with Gasteiger partial charge < -0.3 is 0 Å². The van der Waals surface area contributed by atoms with E-state index in [0.29, 0.717) is 0 Å². The van der Waals surface area contributed by atoms with Gasteiger partial charge in [0, 0.05) is 58.1 Å². The summed E-state index contributed by atoms with van der Waals surface area (Å²) in [7, 11) is 0. The Bertz CT molecular complexity index is 3850. The second kappa shape index (κ2) is 11.5. The highest BCUT2D eigenvalue weighted by atomic mass is 32.1. The van der Waals surface area contributed by atoms with Crippen molar-refractivity contribution in [3.05, 3.63) is 181 Å². The first kappa shape index (κ1) is 31.2. The minimum atomic E-state index is 0.955. The van der Waals surface area contributed by atoms with Crippen LogP contribution in [-0.2, 0) is 0 Å². The number of pyridine rings is 1. The monoisotopic (exact) mass is 740 g/mol. The van der Waals surface area contributed by atoms with E-state index in [9.17, 15) is 0 Å². The average Bonchev–Trinajstić information content (AvgIpc) is 3.82. The molecule has 10 aromatic carbocycles. The molecular weight excluding hydrogens is 709 g/mol. The standard InChI is InChI=1S/C54H32N2S/c1-31-35-25-22-32-12-2-4-14-36(32)52(35)55-54(49(31)34-24-29-48-45(30-34)41-19-10-11-21-47(41)57-48)56-46-28-27-43-40-18-7-6-16-38(40)39-17-8-9-20-42(39)50(43)51(46)44-26-23-33-13-3-5-15-37(33)53(44)56/h2-30H,1H3. The van der Waals surface area contributed by atoms with Gasteiger partial charge in [0.25, 0.3) is 0 Å². The largest absolute Gasteiger partial charge is 0.293 e. The molecule has 0 aliphatic heterocycles.